The Morgan fingerprint density at radius 1 is 1.38 bits per heavy atom. The lowest BCUT2D eigenvalue weighted by molar-refractivity contribution is -0.144. The molecule has 0 spiro atoms. The number of carbonyl (C=O) groups is 1. The number of hydrogen-bond acceptors (Lipinski definition) is 5. The summed E-state index contributed by atoms with van der Waals surface area (Å²) in [7, 11) is 1.40. The molecule has 24 heavy (non-hydrogen) atoms. The molecule has 1 N–H and O–H groups in total. The zero-order chi connectivity index (χ0) is 16.7. The lowest BCUT2D eigenvalue weighted by Crippen LogP contribution is -2.53. The Hall–Kier alpha value is -0.610. The molecule has 3 atom stereocenters. The fourth-order valence-electron chi connectivity index (χ4n) is 2.91. The minimum atomic E-state index is -0.247. The number of rotatable bonds is 5. The summed E-state index contributed by atoms with van der Waals surface area (Å²) in [5, 5.41) is 3.30. The number of nitrogens with one attached hydrogen (secondary N) is 1. The van der Waals surface area contributed by atoms with Crippen LogP contribution in [0.4, 0.5) is 0 Å². The van der Waals surface area contributed by atoms with Crippen LogP contribution in [0.2, 0.25) is 0 Å². The smallest absolute Gasteiger partial charge is 0.310 e. The van der Waals surface area contributed by atoms with Crippen molar-refractivity contribution in [3.8, 4) is 0 Å². The van der Waals surface area contributed by atoms with E-state index < -0.39 is 0 Å². The summed E-state index contributed by atoms with van der Waals surface area (Å²) in [6.45, 7) is 8.12. The van der Waals surface area contributed by atoms with E-state index in [0.29, 0.717) is 13.2 Å². The second-order valence-electron chi connectivity index (χ2n) is 6.03. The molecule has 0 aromatic carbocycles. The van der Waals surface area contributed by atoms with Gasteiger partial charge in [0.05, 0.1) is 32.3 Å². The highest BCUT2D eigenvalue weighted by molar-refractivity contribution is 14.0. The number of methoxy groups -OCH3 is 1. The minimum Gasteiger partial charge on any atom is -0.469 e. The molecule has 2 saturated heterocycles. The third-order valence-corrected chi connectivity index (χ3v) is 4.23. The predicted octanol–water partition coefficient (Wildman–Crippen LogP) is 1.26. The third kappa shape index (κ3) is 6.03. The van der Waals surface area contributed by atoms with E-state index in [1.807, 2.05) is 13.8 Å². The largest absolute Gasteiger partial charge is 0.469 e. The first-order valence-corrected chi connectivity index (χ1v) is 8.50. The van der Waals surface area contributed by atoms with E-state index in [-0.39, 0.29) is 48.1 Å². The maximum Gasteiger partial charge on any atom is 0.310 e. The average molecular weight is 455 g/mol. The van der Waals surface area contributed by atoms with Crippen molar-refractivity contribution in [2.45, 2.75) is 38.9 Å². The highest BCUT2D eigenvalue weighted by atomic mass is 127. The van der Waals surface area contributed by atoms with E-state index in [1.54, 1.807) is 0 Å². The highest BCUT2D eigenvalue weighted by Crippen LogP contribution is 2.21. The molecule has 0 aliphatic carbocycles. The van der Waals surface area contributed by atoms with Crippen LogP contribution in [0.15, 0.2) is 4.99 Å². The Balaban J connectivity index is 0.00000288. The van der Waals surface area contributed by atoms with Gasteiger partial charge >= 0.3 is 5.97 Å². The van der Waals surface area contributed by atoms with Gasteiger partial charge in [0.25, 0.3) is 0 Å². The Bertz CT molecular complexity index is 416. The van der Waals surface area contributed by atoms with E-state index in [9.17, 15) is 4.79 Å². The van der Waals surface area contributed by atoms with Crippen LogP contribution in [0, 0.1) is 5.92 Å². The molecule has 0 radical (unpaired) electrons. The molecule has 7 nitrogen and oxygen atoms in total. The topological polar surface area (TPSA) is 72.4 Å². The Morgan fingerprint density at radius 3 is 2.75 bits per heavy atom. The van der Waals surface area contributed by atoms with Gasteiger partial charge in [-0.2, -0.15) is 0 Å². The van der Waals surface area contributed by atoms with Gasteiger partial charge in [0.2, 0.25) is 0 Å². The zero-order valence-corrected chi connectivity index (χ0v) is 17.2. The van der Waals surface area contributed by atoms with Gasteiger partial charge in [-0.1, -0.05) is 6.92 Å². The van der Waals surface area contributed by atoms with Gasteiger partial charge < -0.3 is 24.4 Å². The zero-order valence-electron chi connectivity index (χ0n) is 14.8. The van der Waals surface area contributed by atoms with Gasteiger partial charge in [-0.15, -0.1) is 24.0 Å². The van der Waals surface area contributed by atoms with Crippen LogP contribution in [-0.4, -0.2) is 75.5 Å². The van der Waals surface area contributed by atoms with Crippen LogP contribution in [-0.2, 0) is 19.0 Å². The summed E-state index contributed by atoms with van der Waals surface area (Å²) in [6.07, 6.45) is 2.45. The second-order valence-corrected chi connectivity index (χ2v) is 6.03. The average Bonchev–Trinajstić information content (AvgIpc) is 3.12. The van der Waals surface area contributed by atoms with Crippen molar-refractivity contribution in [1.29, 1.82) is 0 Å². The van der Waals surface area contributed by atoms with Gasteiger partial charge in [0, 0.05) is 26.2 Å². The van der Waals surface area contributed by atoms with Crippen LogP contribution in [0.3, 0.4) is 0 Å². The van der Waals surface area contributed by atoms with Crippen LogP contribution in [0.25, 0.3) is 0 Å². The van der Waals surface area contributed by atoms with Crippen molar-refractivity contribution >= 4 is 35.9 Å². The third-order valence-electron chi connectivity index (χ3n) is 4.23. The van der Waals surface area contributed by atoms with E-state index >= 15 is 0 Å². The predicted molar refractivity (Wildman–Crippen MR) is 103 cm³/mol. The normalized spacial score (nSPS) is 25.8. The quantitative estimate of drug-likeness (QED) is 0.291. The maximum atomic E-state index is 11.5. The molecular formula is C16H30IN3O4. The molecule has 8 heteroatoms. The van der Waals surface area contributed by atoms with Crippen LogP contribution in [0.1, 0.15) is 26.7 Å². The van der Waals surface area contributed by atoms with Gasteiger partial charge in [-0.05, 0) is 19.8 Å². The number of carbonyl (C=O) groups excluding carboxylic acids is 1. The number of aliphatic imine (C=N–C) groups is 1. The molecule has 0 aromatic heterocycles. The van der Waals surface area contributed by atoms with Crippen molar-refractivity contribution in [3.63, 3.8) is 0 Å². The highest BCUT2D eigenvalue weighted by Gasteiger charge is 2.32. The fraction of sp³-hybridized carbons (Fsp3) is 0.875. The standard InChI is InChI=1S/C16H29N3O4.HI/c1-4-17-16(18-10-12(2)15(20)21-3)19-7-9-23-14(11-19)13-6-5-8-22-13;/h12-14H,4-11H2,1-3H3,(H,17,18);1H. The second kappa shape index (κ2) is 11.1. The first kappa shape index (κ1) is 21.4. The summed E-state index contributed by atoms with van der Waals surface area (Å²) in [6, 6.07) is 0. The summed E-state index contributed by atoms with van der Waals surface area (Å²) in [4.78, 5) is 18.3. The molecule has 2 fully saturated rings. The summed E-state index contributed by atoms with van der Waals surface area (Å²) in [5.41, 5.74) is 0. The van der Waals surface area contributed by atoms with Gasteiger partial charge in [0.15, 0.2) is 5.96 Å². The summed E-state index contributed by atoms with van der Waals surface area (Å²) < 4.78 is 16.4. The maximum absolute atomic E-state index is 11.5. The molecule has 2 rings (SSSR count). The Kier molecular flexibility index (Phi) is 9.91. The molecule has 2 aliphatic rings. The van der Waals surface area contributed by atoms with Crippen molar-refractivity contribution in [1.82, 2.24) is 10.2 Å². The first-order chi connectivity index (χ1) is 11.2. The molecule has 2 heterocycles. The molecule has 0 bridgehead atoms. The lowest BCUT2D eigenvalue weighted by Gasteiger charge is -2.37. The van der Waals surface area contributed by atoms with Gasteiger partial charge in [-0.3, -0.25) is 9.79 Å². The van der Waals surface area contributed by atoms with Gasteiger partial charge in [0.1, 0.15) is 6.10 Å². The number of esters is 1. The van der Waals surface area contributed by atoms with Crippen molar-refractivity contribution < 1.29 is 19.0 Å². The Morgan fingerprint density at radius 2 is 2.12 bits per heavy atom. The number of ether oxygens (including phenoxy) is 3. The lowest BCUT2D eigenvalue weighted by atomic mass is 10.1. The summed E-state index contributed by atoms with van der Waals surface area (Å²) in [5.74, 6) is 0.349. The molecule has 2 aliphatic heterocycles. The van der Waals surface area contributed by atoms with Crippen LogP contribution in [0.5, 0.6) is 0 Å². The molecule has 0 saturated carbocycles. The van der Waals surface area contributed by atoms with Crippen molar-refractivity contribution in [2.75, 3.05) is 46.5 Å². The number of halogens is 1. The van der Waals surface area contributed by atoms with Crippen LogP contribution >= 0.6 is 24.0 Å². The Labute approximate surface area is 161 Å². The number of guanidine groups is 1. The molecule has 3 unspecified atom stereocenters. The van der Waals surface area contributed by atoms with Gasteiger partial charge in [-0.25, -0.2) is 0 Å². The SMILES string of the molecule is CCNC(=NCC(C)C(=O)OC)N1CCOC(C2CCCO2)C1.I. The molecule has 0 amide bonds. The van der Waals surface area contributed by atoms with Crippen LogP contribution < -0.4 is 5.32 Å². The van der Waals surface area contributed by atoms with E-state index in [2.05, 4.69) is 15.2 Å². The minimum absolute atomic E-state index is 0. The number of morpholine rings is 1. The monoisotopic (exact) mass is 455 g/mol. The van der Waals surface area contributed by atoms with Crippen molar-refractivity contribution in [3.05, 3.63) is 0 Å². The molecular weight excluding hydrogens is 425 g/mol. The van der Waals surface area contributed by atoms with Crippen molar-refractivity contribution in [2.24, 2.45) is 10.9 Å². The van der Waals surface area contributed by atoms with E-state index in [1.165, 1.54) is 7.11 Å². The molecule has 0 aromatic rings. The fourth-order valence-corrected chi connectivity index (χ4v) is 2.91. The van der Waals surface area contributed by atoms with E-state index in [4.69, 9.17) is 14.2 Å². The van der Waals surface area contributed by atoms with E-state index in [0.717, 1.165) is 45.0 Å². The number of hydrogen-bond donors (Lipinski definition) is 1. The summed E-state index contributed by atoms with van der Waals surface area (Å²) >= 11 is 0. The number of nitrogens with zero attached hydrogens (tertiary/aromatic N) is 2. The molecule has 140 valence electrons. The first-order valence-electron chi connectivity index (χ1n) is 8.50.